The largest absolute Gasteiger partial charge is 0.351 e. The number of amides is 2. The van der Waals surface area contributed by atoms with Crippen molar-refractivity contribution in [1.82, 2.24) is 10.2 Å². The molecule has 106 valence electrons. The average Bonchev–Trinajstić information content (AvgIpc) is 3.17. The molecule has 1 N–H and O–H groups in total. The minimum absolute atomic E-state index is 0.00959. The lowest BCUT2D eigenvalue weighted by Crippen LogP contribution is -2.37. The Bertz CT molecular complexity index is 542. The molecule has 3 rings (SSSR count). The van der Waals surface area contributed by atoms with Gasteiger partial charge < -0.3 is 10.2 Å². The smallest absolute Gasteiger partial charge is 0.225 e. The highest BCUT2D eigenvalue weighted by Gasteiger charge is 2.35. The van der Waals surface area contributed by atoms with E-state index in [1.54, 1.807) is 17.0 Å². The van der Waals surface area contributed by atoms with Crippen LogP contribution in [-0.4, -0.2) is 29.3 Å². The van der Waals surface area contributed by atoms with E-state index in [9.17, 15) is 14.0 Å². The zero-order chi connectivity index (χ0) is 14.1. The van der Waals surface area contributed by atoms with Crippen molar-refractivity contribution in [1.29, 1.82) is 0 Å². The molecule has 0 unspecified atom stereocenters. The topological polar surface area (TPSA) is 49.4 Å². The molecule has 4 nitrogen and oxygen atoms in total. The summed E-state index contributed by atoms with van der Waals surface area (Å²) in [5.41, 5.74) is 0.771. The number of carbonyl (C=O) groups excluding carboxylic acids is 2. The maximum absolute atomic E-state index is 13.1. The van der Waals surface area contributed by atoms with E-state index in [1.165, 1.54) is 12.1 Å². The van der Waals surface area contributed by atoms with Gasteiger partial charge in [0, 0.05) is 25.4 Å². The van der Waals surface area contributed by atoms with Gasteiger partial charge >= 0.3 is 0 Å². The molecular formula is C15H17FN2O2. The molecule has 0 bridgehead atoms. The molecule has 1 aliphatic heterocycles. The molecule has 5 heteroatoms. The highest BCUT2D eigenvalue weighted by molar-refractivity contribution is 5.84. The number of hydrogen-bond donors (Lipinski definition) is 1. The van der Waals surface area contributed by atoms with Crippen LogP contribution in [0.15, 0.2) is 24.3 Å². The first-order valence-corrected chi connectivity index (χ1v) is 6.94. The van der Waals surface area contributed by atoms with Gasteiger partial charge in [-0.2, -0.15) is 0 Å². The third kappa shape index (κ3) is 2.98. The summed E-state index contributed by atoms with van der Waals surface area (Å²) in [7, 11) is 0. The standard InChI is InChI=1S/C15H17FN2O2/c16-12-3-1-2-10(6-12)8-18-9-13(7-14(18)19)17-15(20)11-4-5-11/h1-3,6,11,13H,4-5,7-9H2,(H,17,20)/t13-/m0/s1. The van der Waals surface area contributed by atoms with E-state index in [0.717, 1.165) is 18.4 Å². The van der Waals surface area contributed by atoms with Gasteiger partial charge in [-0.25, -0.2) is 4.39 Å². The molecule has 0 spiro atoms. The monoisotopic (exact) mass is 276 g/mol. The Labute approximate surface area is 117 Å². The zero-order valence-corrected chi connectivity index (χ0v) is 11.1. The van der Waals surface area contributed by atoms with E-state index in [1.807, 2.05) is 0 Å². The van der Waals surface area contributed by atoms with Crippen molar-refractivity contribution in [3.63, 3.8) is 0 Å². The average molecular weight is 276 g/mol. The van der Waals surface area contributed by atoms with Crippen molar-refractivity contribution in [3.05, 3.63) is 35.6 Å². The molecule has 1 aromatic rings. The van der Waals surface area contributed by atoms with E-state index in [0.29, 0.717) is 19.5 Å². The van der Waals surface area contributed by atoms with Crippen LogP contribution in [0.1, 0.15) is 24.8 Å². The van der Waals surface area contributed by atoms with Gasteiger partial charge in [-0.05, 0) is 30.5 Å². The lowest BCUT2D eigenvalue weighted by atomic mass is 10.2. The van der Waals surface area contributed by atoms with Crippen LogP contribution in [0.2, 0.25) is 0 Å². The number of nitrogens with zero attached hydrogens (tertiary/aromatic N) is 1. The molecule has 0 radical (unpaired) electrons. The molecule has 1 atom stereocenters. The van der Waals surface area contributed by atoms with Gasteiger partial charge in [-0.3, -0.25) is 9.59 Å². The van der Waals surface area contributed by atoms with Crippen LogP contribution in [0.3, 0.4) is 0 Å². The molecule has 20 heavy (non-hydrogen) atoms. The Balaban J connectivity index is 1.57. The molecule has 1 saturated heterocycles. The first-order valence-electron chi connectivity index (χ1n) is 6.94. The van der Waals surface area contributed by atoms with E-state index in [-0.39, 0.29) is 29.6 Å². The van der Waals surface area contributed by atoms with E-state index < -0.39 is 0 Å². The van der Waals surface area contributed by atoms with Crippen LogP contribution in [0.4, 0.5) is 4.39 Å². The number of benzene rings is 1. The molecule has 0 aromatic heterocycles. The maximum Gasteiger partial charge on any atom is 0.225 e. The van der Waals surface area contributed by atoms with Crippen molar-refractivity contribution >= 4 is 11.8 Å². The van der Waals surface area contributed by atoms with E-state index in [4.69, 9.17) is 0 Å². The number of halogens is 1. The Morgan fingerprint density at radius 3 is 2.90 bits per heavy atom. The highest BCUT2D eigenvalue weighted by Crippen LogP contribution is 2.29. The number of carbonyl (C=O) groups is 2. The van der Waals surface area contributed by atoms with E-state index >= 15 is 0 Å². The molecule has 2 fully saturated rings. The van der Waals surface area contributed by atoms with Gasteiger partial charge in [0.25, 0.3) is 0 Å². The van der Waals surface area contributed by atoms with Crippen LogP contribution in [0.25, 0.3) is 0 Å². The third-order valence-corrected chi connectivity index (χ3v) is 3.77. The maximum atomic E-state index is 13.1. The molecule has 1 heterocycles. The van der Waals surface area contributed by atoms with Crippen LogP contribution in [-0.2, 0) is 16.1 Å². The van der Waals surface area contributed by atoms with Crippen molar-refractivity contribution in [2.45, 2.75) is 31.8 Å². The summed E-state index contributed by atoms with van der Waals surface area (Å²) >= 11 is 0. The first-order chi connectivity index (χ1) is 9.61. The fourth-order valence-electron chi connectivity index (χ4n) is 2.54. The van der Waals surface area contributed by atoms with Gasteiger partial charge in [-0.15, -0.1) is 0 Å². The zero-order valence-electron chi connectivity index (χ0n) is 11.1. The second kappa shape index (κ2) is 5.23. The van der Waals surface area contributed by atoms with Crippen molar-refractivity contribution in [3.8, 4) is 0 Å². The first kappa shape index (κ1) is 13.1. The van der Waals surface area contributed by atoms with Gasteiger partial charge in [0.1, 0.15) is 5.82 Å². The van der Waals surface area contributed by atoms with Gasteiger partial charge in [0.05, 0.1) is 6.04 Å². The Morgan fingerprint density at radius 2 is 2.20 bits per heavy atom. The van der Waals surface area contributed by atoms with Gasteiger partial charge in [0.2, 0.25) is 11.8 Å². The molecule has 2 amide bonds. The number of rotatable bonds is 4. The summed E-state index contributed by atoms with van der Waals surface area (Å²) in [6.45, 7) is 0.903. The lowest BCUT2D eigenvalue weighted by Gasteiger charge is -2.17. The van der Waals surface area contributed by atoms with Crippen LogP contribution in [0, 0.1) is 11.7 Å². The predicted octanol–water partition coefficient (Wildman–Crippen LogP) is 1.45. The quantitative estimate of drug-likeness (QED) is 0.905. The SMILES string of the molecule is O=C(N[C@H]1CC(=O)N(Cc2cccc(F)c2)C1)C1CC1. The third-order valence-electron chi connectivity index (χ3n) is 3.77. The minimum Gasteiger partial charge on any atom is -0.351 e. The van der Waals surface area contributed by atoms with Crippen LogP contribution < -0.4 is 5.32 Å². The second-order valence-electron chi connectivity index (χ2n) is 5.59. The summed E-state index contributed by atoms with van der Waals surface area (Å²) in [5.74, 6) is -0.0686. The van der Waals surface area contributed by atoms with E-state index in [2.05, 4.69) is 5.32 Å². The summed E-state index contributed by atoms with van der Waals surface area (Å²) in [5, 5.41) is 2.92. The summed E-state index contributed by atoms with van der Waals surface area (Å²) in [6, 6.07) is 6.14. The Kier molecular flexibility index (Phi) is 3.42. The molecular weight excluding hydrogens is 259 g/mol. The van der Waals surface area contributed by atoms with Crippen LogP contribution in [0.5, 0.6) is 0 Å². The van der Waals surface area contributed by atoms with Crippen molar-refractivity contribution in [2.75, 3.05) is 6.54 Å². The minimum atomic E-state index is -0.298. The van der Waals surface area contributed by atoms with Crippen LogP contribution >= 0.6 is 0 Å². The molecule has 1 aliphatic carbocycles. The second-order valence-corrected chi connectivity index (χ2v) is 5.59. The summed E-state index contributed by atoms with van der Waals surface area (Å²) in [6.07, 6.45) is 2.26. The summed E-state index contributed by atoms with van der Waals surface area (Å²) in [4.78, 5) is 25.3. The predicted molar refractivity (Wildman–Crippen MR) is 71.1 cm³/mol. The van der Waals surface area contributed by atoms with Crippen molar-refractivity contribution in [2.24, 2.45) is 5.92 Å². The summed E-state index contributed by atoms with van der Waals surface area (Å²) < 4.78 is 13.1. The fourth-order valence-corrected chi connectivity index (χ4v) is 2.54. The lowest BCUT2D eigenvalue weighted by molar-refractivity contribution is -0.128. The normalized spacial score (nSPS) is 22.1. The van der Waals surface area contributed by atoms with Gasteiger partial charge in [-0.1, -0.05) is 12.1 Å². The number of hydrogen-bond acceptors (Lipinski definition) is 2. The molecule has 1 aromatic carbocycles. The van der Waals surface area contributed by atoms with Gasteiger partial charge in [0.15, 0.2) is 0 Å². The number of nitrogens with one attached hydrogen (secondary N) is 1. The fraction of sp³-hybridized carbons (Fsp3) is 0.467. The molecule has 2 aliphatic rings. The Hall–Kier alpha value is -1.91. The molecule has 1 saturated carbocycles. The highest BCUT2D eigenvalue weighted by atomic mass is 19.1. The van der Waals surface area contributed by atoms with Crippen molar-refractivity contribution < 1.29 is 14.0 Å². The number of likely N-dealkylation sites (tertiary alicyclic amines) is 1. The Morgan fingerprint density at radius 1 is 1.40 bits per heavy atom.